The Balaban J connectivity index is 1.61. The van der Waals surface area contributed by atoms with Gasteiger partial charge in [0.05, 0.1) is 11.6 Å². The Morgan fingerprint density at radius 2 is 1.74 bits per heavy atom. The van der Waals surface area contributed by atoms with E-state index in [2.05, 4.69) is 13.8 Å². The molecule has 4 aliphatic rings. The first-order chi connectivity index (χ1) is 18.3. The zero-order valence-corrected chi connectivity index (χ0v) is 22.9. The van der Waals surface area contributed by atoms with Crippen molar-refractivity contribution in [1.29, 1.82) is 0 Å². The lowest BCUT2D eigenvalue weighted by Gasteiger charge is -2.50. The number of phenols is 1. The van der Waals surface area contributed by atoms with E-state index in [1.165, 1.54) is 4.90 Å². The molecule has 9 heteroatoms. The molecule has 1 amide bonds. The molecule has 0 saturated heterocycles. The number of aromatic hydroxyl groups is 1. The number of rotatable bonds is 4. The molecule has 0 aromatic heterocycles. The first-order valence-electron chi connectivity index (χ1n) is 13.8. The summed E-state index contributed by atoms with van der Waals surface area (Å²) in [6.07, 6.45) is 4.77. The number of ketones is 2. The summed E-state index contributed by atoms with van der Waals surface area (Å²) >= 11 is 0. The molecule has 9 nitrogen and oxygen atoms in total. The highest BCUT2D eigenvalue weighted by Crippen LogP contribution is 2.53. The number of nitrogens with zero attached hydrogens (tertiary/aromatic N) is 1. The Labute approximate surface area is 228 Å². The number of Topliss-reactive ketones (excluding diaryl/α,β-unsaturated/α-hetero) is 2. The molecule has 0 radical (unpaired) electrons. The van der Waals surface area contributed by atoms with Crippen molar-refractivity contribution in [2.75, 3.05) is 14.1 Å². The molecule has 39 heavy (non-hydrogen) atoms. The summed E-state index contributed by atoms with van der Waals surface area (Å²) in [7, 11) is 3.17. The number of aliphatic hydroxyl groups excluding tert-OH is 2. The standard InChI is InChI=1S/C30H38N2O7/c1-13-5-7-15(8-6-13)14(2)18-10-9-16-11-17-12-19-23(32(3)4)26(35)22(29(31)38)28(37)30(19,39)27(36)21(17)25(34)20(16)24(18)33/h9-10,13-15,17,19,23,33-34,37,39H,5-8,11-12H2,1-4H3,(H2,31,38)/t13?,14?,15?,17-,19-,23-,30-/m1/s1. The van der Waals surface area contributed by atoms with Crippen LogP contribution in [0.3, 0.4) is 0 Å². The van der Waals surface area contributed by atoms with Gasteiger partial charge >= 0.3 is 0 Å². The highest BCUT2D eigenvalue weighted by molar-refractivity contribution is 6.24. The van der Waals surface area contributed by atoms with Crippen molar-refractivity contribution in [1.82, 2.24) is 4.90 Å². The first kappa shape index (κ1) is 27.4. The van der Waals surface area contributed by atoms with Crippen LogP contribution in [0.25, 0.3) is 5.76 Å². The number of aliphatic hydroxyl groups is 3. The van der Waals surface area contributed by atoms with Crippen molar-refractivity contribution in [2.45, 2.75) is 69.9 Å². The molecule has 0 bridgehead atoms. The quantitative estimate of drug-likeness (QED) is 0.366. The smallest absolute Gasteiger partial charge is 0.255 e. The van der Waals surface area contributed by atoms with Crippen LogP contribution in [-0.4, -0.2) is 68.5 Å². The number of benzene rings is 1. The molecule has 1 aromatic carbocycles. The van der Waals surface area contributed by atoms with Crippen molar-refractivity contribution in [3.63, 3.8) is 0 Å². The van der Waals surface area contributed by atoms with Crippen LogP contribution in [0.15, 0.2) is 29.0 Å². The average molecular weight is 539 g/mol. The SMILES string of the molecule is CC1CCC(C(C)c2ccc3c(c2O)C(O)=C2C(=O)[C@@]4(O)C(O)=C(C(N)=O)C(=O)[C@H](N(C)C)[C@H]4C[C@H]2C3)CC1. The number of likely N-dealkylation sites (N-methyl/N-ethyl adjacent to an activating group) is 1. The molecule has 0 aliphatic heterocycles. The molecule has 1 unspecified atom stereocenters. The van der Waals surface area contributed by atoms with E-state index in [9.17, 15) is 34.8 Å². The molecule has 5 atom stereocenters. The van der Waals surface area contributed by atoms with Crippen molar-refractivity contribution in [3.8, 4) is 5.75 Å². The molecule has 2 saturated carbocycles. The van der Waals surface area contributed by atoms with Gasteiger partial charge in [0.1, 0.15) is 22.8 Å². The fraction of sp³-hybridized carbons (Fsp3) is 0.567. The second-order valence-electron chi connectivity index (χ2n) is 12.3. The minimum Gasteiger partial charge on any atom is -0.508 e. The van der Waals surface area contributed by atoms with Crippen molar-refractivity contribution in [3.05, 3.63) is 45.7 Å². The lowest BCUT2D eigenvalue weighted by molar-refractivity contribution is -0.153. The van der Waals surface area contributed by atoms with E-state index in [0.717, 1.165) is 25.7 Å². The lowest BCUT2D eigenvalue weighted by Crippen LogP contribution is -2.65. The molecular formula is C30H38N2O7. The summed E-state index contributed by atoms with van der Waals surface area (Å²) in [5.74, 6) is -5.07. The monoisotopic (exact) mass is 538 g/mol. The van der Waals surface area contributed by atoms with E-state index in [0.29, 0.717) is 29.4 Å². The highest BCUT2D eigenvalue weighted by atomic mass is 16.3. The average Bonchev–Trinajstić information content (AvgIpc) is 2.86. The lowest BCUT2D eigenvalue weighted by atomic mass is 9.57. The Morgan fingerprint density at radius 3 is 2.33 bits per heavy atom. The maximum absolute atomic E-state index is 14.0. The molecule has 0 heterocycles. The van der Waals surface area contributed by atoms with E-state index in [1.807, 2.05) is 12.1 Å². The summed E-state index contributed by atoms with van der Waals surface area (Å²) in [5, 5.41) is 45.6. The first-order valence-corrected chi connectivity index (χ1v) is 13.8. The summed E-state index contributed by atoms with van der Waals surface area (Å²) in [5.41, 5.74) is 3.38. The minimum absolute atomic E-state index is 0.0456. The fourth-order valence-corrected chi connectivity index (χ4v) is 7.64. The second-order valence-corrected chi connectivity index (χ2v) is 12.3. The summed E-state index contributed by atoms with van der Waals surface area (Å²) in [6, 6.07) is 2.69. The van der Waals surface area contributed by atoms with Gasteiger partial charge in [0.15, 0.2) is 11.4 Å². The van der Waals surface area contributed by atoms with Gasteiger partial charge in [0, 0.05) is 11.5 Å². The van der Waals surface area contributed by atoms with Crippen LogP contribution in [0.4, 0.5) is 0 Å². The van der Waals surface area contributed by atoms with Crippen LogP contribution < -0.4 is 5.73 Å². The van der Waals surface area contributed by atoms with E-state index in [1.54, 1.807) is 14.1 Å². The number of phenolic OH excluding ortho intramolecular Hbond substituents is 1. The molecular weight excluding hydrogens is 500 g/mol. The van der Waals surface area contributed by atoms with Crippen molar-refractivity contribution < 1.29 is 34.8 Å². The van der Waals surface area contributed by atoms with Crippen LogP contribution in [0, 0.1) is 23.7 Å². The number of primary amides is 1. The van der Waals surface area contributed by atoms with Crippen LogP contribution in [-0.2, 0) is 20.8 Å². The second kappa shape index (κ2) is 9.48. The maximum atomic E-state index is 14.0. The van der Waals surface area contributed by atoms with Gasteiger partial charge in [-0.15, -0.1) is 0 Å². The van der Waals surface area contributed by atoms with Gasteiger partial charge in [0.2, 0.25) is 5.78 Å². The van der Waals surface area contributed by atoms with Gasteiger partial charge in [-0.1, -0.05) is 38.8 Å². The van der Waals surface area contributed by atoms with Crippen LogP contribution in [0.1, 0.15) is 68.6 Å². The maximum Gasteiger partial charge on any atom is 0.255 e. The Kier molecular flexibility index (Phi) is 6.66. The van der Waals surface area contributed by atoms with E-state index in [-0.39, 0.29) is 29.2 Å². The summed E-state index contributed by atoms with van der Waals surface area (Å²) in [4.78, 5) is 40.8. The molecule has 2 fully saturated rings. The normalized spacial score (nSPS) is 33.5. The third-order valence-corrected chi connectivity index (χ3v) is 9.88. The zero-order valence-electron chi connectivity index (χ0n) is 22.9. The zero-order chi connectivity index (χ0) is 28.5. The highest BCUT2D eigenvalue weighted by Gasteiger charge is 2.64. The predicted molar refractivity (Wildman–Crippen MR) is 144 cm³/mol. The van der Waals surface area contributed by atoms with Gasteiger partial charge in [-0.25, -0.2) is 0 Å². The van der Waals surface area contributed by atoms with Gasteiger partial charge in [-0.05, 0) is 74.6 Å². The van der Waals surface area contributed by atoms with Gasteiger partial charge in [-0.2, -0.15) is 0 Å². The number of nitrogens with two attached hydrogens (primary N) is 1. The molecule has 1 aromatic rings. The van der Waals surface area contributed by atoms with Gasteiger partial charge in [-0.3, -0.25) is 19.3 Å². The van der Waals surface area contributed by atoms with E-state index < -0.39 is 58.0 Å². The topological polar surface area (TPSA) is 161 Å². The number of carbonyl (C=O) groups excluding carboxylic acids is 3. The molecule has 210 valence electrons. The summed E-state index contributed by atoms with van der Waals surface area (Å²) in [6.45, 7) is 4.32. The van der Waals surface area contributed by atoms with Crippen LogP contribution >= 0.6 is 0 Å². The molecule has 5 rings (SSSR count). The predicted octanol–water partition coefficient (Wildman–Crippen LogP) is 2.89. The number of fused-ring (bicyclic) bond motifs is 3. The fourth-order valence-electron chi connectivity index (χ4n) is 7.64. The number of carbonyl (C=O) groups is 3. The molecule has 0 spiro atoms. The third kappa shape index (κ3) is 3.92. The van der Waals surface area contributed by atoms with Crippen LogP contribution in [0.5, 0.6) is 5.75 Å². The molecule has 6 N–H and O–H groups in total. The summed E-state index contributed by atoms with van der Waals surface area (Å²) < 4.78 is 0. The van der Waals surface area contributed by atoms with Gasteiger partial charge in [0.25, 0.3) is 5.91 Å². The largest absolute Gasteiger partial charge is 0.508 e. The minimum atomic E-state index is -2.62. The van der Waals surface area contributed by atoms with Crippen molar-refractivity contribution >= 4 is 23.2 Å². The number of hydrogen-bond donors (Lipinski definition) is 5. The Morgan fingerprint density at radius 1 is 1.10 bits per heavy atom. The number of amides is 1. The van der Waals surface area contributed by atoms with E-state index >= 15 is 0 Å². The number of hydrogen-bond acceptors (Lipinski definition) is 8. The third-order valence-electron chi connectivity index (χ3n) is 9.88. The van der Waals surface area contributed by atoms with Crippen LogP contribution in [0.2, 0.25) is 0 Å². The van der Waals surface area contributed by atoms with E-state index in [4.69, 9.17) is 5.73 Å². The van der Waals surface area contributed by atoms with Gasteiger partial charge < -0.3 is 26.2 Å². The Bertz CT molecular complexity index is 1320. The Hall–Kier alpha value is -3.17. The van der Waals surface area contributed by atoms with Crippen molar-refractivity contribution in [2.24, 2.45) is 29.4 Å². The molecule has 4 aliphatic carbocycles.